The summed E-state index contributed by atoms with van der Waals surface area (Å²) in [5.74, 6) is 0. The van der Waals surface area contributed by atoms with Crippen LogP contribution in [0.3, 0.4) is 0 Å². The zero-order valence-corrected chi connectivity index (χ0v) is 22.2. The van der Waals surface area contributed by atoms with Gasteiger partial charge in [0.15, 0.2) is 0 Å². The van der Waals surface area contributed by atoms with Gasteiger partial charge < -0.3 is 9.80 Å². The molecule has 1 heterocycles. The van der Waals surface area contributed by atoms with Crippen molar-refractivity contribution in [1.82, 2.24) is 9.80 Å². The van der Waals surface area contributed by atoms with Gasteiger partial charge in [0.2, 0.25) is 0 Å². The number of hydrogen-bond acceptors (Lipinski definition) is 2. The van der Waals surface area contributed by atoms with Gasteiger partial charge in [0.25, 0.3) is 0 Å². The largest absolute Gasteiger partial charge is 0.356 e. The first kappa shape index (κ1) is 27.8. The summed E-state index contributed by atoms with van der Waals surface area (Å²) in [4.78, 5) is 5.22. The summed E-state index contributed by atoms with van der Waals surface area (Å²) < 4.78 is 0. The molecule has 2 heteroatoms. The molecule has 2 rings (SSSR count). The van der Waals surface area contributed by atoms with Crippen molar-refractivity contribution in [2.24, 2.45) is 0 Å². The van der Waals surface area contributed by atoms with Crippen LogP contribution in [-0.2, 0) is 6.54 Å². The minimum Gasteiger partial charge on any atom is -0.356 e. The smallest absolute Gasteiger partial charge is 0.101 e. The average Bonchev–Trinajstić information content (AvgIpc) is 3.21. The summed E-state index contributed by atoms with van der Waals surface area (Å²) in [5.41, 5.74) is 1.42. The first-order valence-corrected chi connectivity index (χ1v) is 14.6. The third-order valence-electron chi connectivity index (χ3n) is 7.26. The van der Waals surface area contributed by atoms with Gasteiger partial charge in [-0.15, -0.1) is 0 Å². The number of benzene rings is 1. The molecule has 0 N–H and O–H groups in total. The highest BCUT2D eigenvalue weighted by atomic mass is 15.4. The van der Waals surface area contributed by atoms with Crippen molar-refractivity contribution in [3.63, 3.8) is 0 Å². The molecular formula is C31H54N2. The maximum atomic E-state index is 2.63. The highest BCUT2D eigenvalue weighted by molar-refractivity contribution is 5.15. The Morgan fingerprint density at radius 2 is 1.03 bits per heavy atom. The van der Waals surface area contributed by atoms with Crippen molar-refractivity contribution in [2.45, 2.75) is 142 Å². The number of hydrogen-bond donors (Lipinski definition) is 0. The van der Waals surface area contributed by atoms with Crippen LogP contribution < -0.4 is 0 Å². The van der Waals surface area contributed by atoms with E-state index in [-0.39, 0.29) is 0 Å². The predicted molar refractivity (Wildman–Crippen MR) is 146 cm³/mol. The molecule has 0 aromatic heterocycles. The van der Waals surface area contributed by atoms with Gasteiger partial charge in [0.05, 0.1) is 0 Å². The molecule has 2 nitrogen and oxygen atoms in total. The van der Waals surface area contributed by atoms with Crippen LogP contribution in [0.4, 0.5) is 0 Å². The SMILES string of the molecule is CCCCCCCCCCCCCCC1N(CCCCCCC)C=CN1Cc1ccccc1. The molecule has 0 saturated carbocycles. The van der Waals surface area contributed by atoms with E-state index in [1.807, 2.05) is 0 Å². The lowest BCUT2D eigenvalue weighted by molar-refractivity contribution is 0.132. The highest BCUT2D eigenvalue weighted by Gasteiger charge is 2.25. The fourth-order valence-electron chi connectivity index (χ4n) is 5.13. The van der Waals surface area contributed by atoms with Crippen LogP contribution in [0.15, 0.2) is 42.7 Å². The molecule has 1 atom stereocenters. The first-order valence-electron chi connectivity index (χ1n) is 14.6. The molecule has 0 amide bonds. The van der Waals surface area contributed by atoms with E-state index >= 15 is 0 Å². The molecule has 33 heavy (non-hydrogen) atoms. The lowest BCUT2D eigenvalue weighted by Gasteiger charge is -2.33. The van der Waals surface area contributed by atoms with E-state index in [1.165, 1.54) is 128 Å². The van der Waals surface area contributed by atoms with Crippen LogP contribution in [0.25, 0.3) is 0 Å². The van der Waals surface area contributed by atoms with E-state index in [9.17, 15) is 0 Å². The number of rotatable bonds is 21. The Balaban J connectivity index is 1.64. The van der Waals surface area contributed by atoms with E-state index in [2.05, 4.69) is 66.4 Å². The minimum atomic E-state index is 0.555. The van der Waals surface area contributed by atoms with Crippen LogP contribution in [0.5, 0.6) is 0 Å². The van der Waals surface area contributed by atoms with Gasteiger partial charge in [-0.1, -0.05) is 140 Å². The molecule has 1 aromatic rings. The summed E-state index contributed by atoms with van der Waals surface area (Å²) >= 11 is 0. The maximum Gasteiger partial charge on any atom is 0.101 e. The lowest BCUT2D eigenvalue weighted by Crippen LogP contribution is -2.38. The normalized spacial score (nSPS) is 15.6. The molecule has 0 aliphatic carbocycles. The minimum absolute atomic E-state index is 0.555. The van der Waals surface area contributed by atoms with Crippen LogP contribution in [0, 0.1) is 0 Å². The fourth-order valence-corrected chi connectivity index (χ4v) is 5.13. The topological polar surface area (TPSA) is 6.48 Å². The van der Waals surface area contributed by atoms with Crippen LogP contribution >= 0.6 is 0 Å². The van der Waals surface area contributed by atoms with Crippen LogP contribution in [-0.4, -0.2) is 22.5 Å². The van der Waals surface area contributed by atoms with Crippen molar-refractivity contribution < 1.29 is 0 Å². The summed E-state index contributed by atoms with van der Waals surface area (Å²) in [5, 5.41) is 0. The second-order valence-electron chi connectivity index (χ2n) is 10.3. The molecule has 0 spiro atoms. The Kier molecular flexibility index (Phi) is 15.9. The summed E-state index contributed by atoms with van der Waals surface area (Å²) in [6.45, 7) is 6.85. The molecule has 188 valence electrons. The third-order valence-corrected chi connectivity index (χ3v) is 7.26. The molecule has 1 aliphatic heterocycles. The number of unbranched alkanes of at least 4 members (excludes halogenated alkanes) is 15. The Hall–Kier alpha value is -1.44. The van der Waals surface area contributed by atoms with Crippen molar-refractivity contribution in [3.8, 4) is 0 Å². The molecular weight excluding hydrogens is 400 g/mol. The van der Waals surface area contributed by atoms with Gasteiger partial charge >= 0.3 is 0 Å². The van der Waals surface area contributed by atoms with E-state index in [1.54, 1.807) is 0 Å². The van der Waals surface area contributed by atoms with Crippen molar-refractivity contribution in [3.05, 3.63) is 48.3 Å². The highest BCUT2D eigenvalue weighted by Crippen LogP contribution is 2.25. The summed E-state index contributed by atoms with van der Waals surface area (Å²) in [6.07, 6.45) is 30.5. The second kappa shape index (κ2) is 18.9. The third kappa shape index (κ3) is 12.6. The monoisotopic (exact) mass is 454 g/mol. The summed E-state index contributed by atoms with van der Waals surface area (Å²) in [6, 6.07) is 11.0. The van der Waals surface area contributed by atoms with E-state index in [0.717, 1.165) is 6.54 Å². The van der Waals surface area contributed by atoms with Crippen LogP contribution in [0.2, 0.25) is 0 Å². The average molecular weight is 455 g/mol. The molecule has 0 saturated heterocycles. The van der Waals surface area contributed by atoms with Gasteiger partial charge in [0, 0.05) is 25.5 Å². The van der Waals surface area contributed by atoms with E-state index < -0.39 is 0 Å². The zero-order chi connectivity index (χ0) is 23.4. The summed E-state index contributed by atoms with van der Waals surface area (Å²) in [7, 11) is 0. The molecule has 1 aromatic carbocycles. The first-order chi connectivity index (χ1) is 16.3. The zero-order valence-electron chi connectivity index (χ0n) is 22.2. The molecule has 0 radical (unpaired) electrons. The second-order valence-corrected chi connectivity index (χ2v) is 10.3. The lowest BCUT2D eigenvalue weighted by atomic mass is 10.0. The number of nitrogens with zero attached hydrogens (tertiary/aromatic N) is 2. The Morgan fingerprint density at radius 3 is 1.61 bits per heavy atom. The Morgan fingerprint density at radius 1 is 0.545 bits per heavy atom. The molecule has 1 unspecified atom stereocenters. The van der Waals surface area contributed by atoms with Crippen molar-refractivity contribution in [2.75, 3.05) is 6.54 Å². The Bertz CT molecular complexity index is 582. The maximum absolute atomic E-state index is 2.63. The molecule has 0 bridgehead atoms. The standard InChI is InChI=1S/C31H54N2/c1-3-5-7-9-10-11-12-13-14-15-16-21-25-31-32(26-22-17-8-6-4-2)27-28-33(31)29-30-23-19-18-20-24-30/h18-20,23-24,27-28,31H,3-17,21-22,25-26,29H2,1-2H3. The molecule has 1 aliphatic rings. The quantitative estimate of drug-likeness (QED) is 0.171. The fraction of sp³-hybridized carbons (Fsp3) is 0.742. The van der Waals surface area contributed by atoms with E-state index in [0.29, 0.717) is 6.17 Å². The van der Waals surface area contributed by atoms with Crippen molar-refractivity contribution in [1.29, 1.82) is 0 Å². The van der Waals surface area contributed by atoms with Gasteiger partial charge in [-0.25, -0.2) is 0 Å². The Labute approximate surface area is 206 Å². The van der Waals surface area contributed by atoms with Crippen molar-refractivity contribution >= 4 is 0 Å². The van der Waals surface area contributed by atoms with Gasteiger partial charge in [-0.05, 0) is 24.8 Å². The van der Waals surface area contributed by atoms with Gasteiger partial charge in [-0.3, -0.25) is 0 Å². The van der Waals surface area contributed by atoms with Crippen LogP contribution in [0.1, 0.15) is 135 Å². The predicted octanol–water partition coefficient (Wildman–Crippen LogP) is 9.66. The van der Waals surface area contributed by atoms with Gasteiger partial charge in [0.1, 0.15) is 6.17 Å². The van der Waals surface area contributed by atoms with E-state index in [4.69, 9.17) is 0 Å². The molecule has 0 fully saturated rings. The van der Waals surface area contributed by atoms with Gasteiger partial charge in [-0.2, -0.15) is 0 Å².